The van der Waals surface area contributed by atoms with Gasteiger partial charge in [0.15, 0.2) is 0 Å². The number of halogens is 2. The third-order valence-electron chi connectivity index (χ3n) is 3.06. The first-order chi connectivity index (χ1) is 9.20. The van der Waals surface area contributed by atoms with Crippen LogP contribution in [-0.4, -0.2) is 13.1 Å². The highest BCUT2D eigenvalue weighted by Gasteiger charge is 2.16. The van der Waals surface area contributed by atoms with Gasteiger partial charge in [0.05, 0.1) is 4.34 Å². The van der Waals surface area contributed by atoms with Gasteiger partial charge in [0.1, 0.15) is 5.82 Å². The molecule has 1 unspecified atom stereocenters. The van der Waals surface area contributed by atoms with Crippen molar-refractivity contribution in [1.29, 1.82) is 0 Å². The molecule has 4 heteroatoms. The van der Waals surface area contributed by atoms with E-state index in [4.69, 9.17) is 11.6 Å². The van der Waals surface area contributed by atoms with E-state index in [0.717, 1.165) is 29.4 Å². The topological polar surface area (TPSA) is 12.0 Å². The van der Waals surface area contributed by atoms with Gasteiger partial charge in [0.25, 0.3) is 0 Å². The first-order valence-corrected chi connectivity index (χ1v) is 7.59. The van der Waals surface area contributed by atoms with E-state index in [1.165, 1.54) is 10.9 Å². The second-order valence-electron chi connectivity index (χ2n) is 4.44. The number of thiophene rings is 1. The molecule has 19 heavy (non-hydrogen) atoms. The molecule has 0 radical (unpaired) electrons. The minimum absolute atomic E-state index is 0.131. The minimum atomic E-state index is -0.131. The Morgan fingerprint density at radius 2 is 2.05 bits per heavy atom. The molecule has 0 aliphatic carbocycles. The van der Waals surface area contributed by atoms with E-state index >= 15 is 0 Å². The maximum atomic E-state index is 13.9. The van der Waals surface area contributed by atoms with E-state index in [1.54, 1.807) is 17.4 Å². The molecule has 1 atom stereocenters. The highest BCUT2D eigenvalue weighted by molar-refractivity contribution is 7.16. The Balaban J connectivity index is 2.18. The van der Waals surface area contributed by atoms with Crippen LogP contribution in [0.4, 0.5) is 4.39 Å². The summed E-state index contributed by atoms with van der Waals surface area (Å²) in [6.45, 7) is 3.71. The molecular formula is C15H17ClFNS. The zero-order valence-corrected chi connectivity index (χ0v) is 12.4. The fourth-order valence-electron chi connectivity index (χ4n) is 2.12. The van der Waals surface area contributed by atoms with Crippen molar-refractivity contribution in [2.24, 2.45) is 0 Å². The zero-order valence-electron chi connectivity index (χ0n) is 10.8. The second kappa shape index (κ2) is 7.04. The Hall–Kier alpha value is -0.900. The lowest BCUT2D eigenvalue weighted by Gasteiger charge is -2.17. The molecule has 1 heterocycles. The van der Waals surface area contributed by atoms with Crippen molar-refractivity contribution in [3.05, 3.63) is 57.0 Å². The first kappa shape index (κ1) is 14.5. The standard InChI is InChI=1S/C15H17ClFNS/c1-2-18-10-11(9-12-7-8-15(16)19-12)13-5-3-4-6-14(13)17/h3-8,11,18H,2,9-10H2,1H3. The van der Waals surface area contributed by atoms with Gasteiger partial charge in [-0.3, -0.25) is 0 Å². The van der Waals surface area contributed by atoms with Crippen molar-refractivity contribution in [3.8, 4) is 0 Å². The first-order valence-electron chi connectivity index (χ1n) is 6.40. The van der Waals surface area contributed by atoms with Gasteiger partial charge in [-0.25, -0.2) is 4.39 Å². The van der Waals surface area contributed by atoms with Gasteiger partial charge in [0, 0.05) is 17.3 Å². The predicted octanol–water partition coefficient (Wildman–Crippen LogP) is 4.48. The Labute approximate surface area is 122 Å². The molecule has 0 spiro atoms. The SMILES string of the molecule is CCNCC(Cc1ccc(Cl)s1)c1ccccc1F. The minimum Gasteiger partial charge on any atom is -0.316 e. The highest BCUT2D eigenvalue weighted by atomic mass is 35.5. The molecule has 2 rings (SSSR count). The van der Waals surface area contributed by atoms with Crippen LogP contribution in [0.25, 0.3) is 0 Å². The fourth-order valence-corrected chi connectivity index (χ4v) is 3.29. The molecule has 0 saturated heterocycles. The number of hydrogen-bond donors (Lipinski definition) is 1. The summed E-state index contributed by atoms with van der Waals surface area (Å²) in [5, 5.41) is 3.31. The normalized spacial score (nSPS) is 12.6. The van der Waals surface area contributed by atoms with Crippen molar-refractivity contribution in [2.75, 3.05) is 13.1 Å². The van der Waals surface area contributed by atoms with Gasteiger partial charge in [-0.2, -0.15) is 0 Å². The smallest absolute Gasteiger partial charge is 0.126 e. The lowest BCUT2D eigenvalue weighted by atomic mass is 9.94. The molecule has 0 aliphatic heterocycles. The zero-order chi connectivity index (χ0) is 13.7. The van der Waals surface area contributed by atoms with Crippen LogP contribution in [0.3, 0.4) is 0 Å². The predicted molar refractivity (Wildman–Crippen MR) is 80.7 cm³/mol. The quantitative estimate of drug-likeness (QED) is 0.829. The number of rotatable bonds is 6. The van der Waals surface area contributed by atoms with E-state index in [1.807, 2.05) is 24.3 Å². The number of hydrogen-bond acceptors (Lipinski definition) is 2. The van der Waals surface area contributed by atoms with Crippen molar-refractivity contribution in [2.45, 2.75) is 19.3 Å². The summed E-state index contributed by atoms with van der Waals surface area (Å²) in [5.74, 6) is 0.00363. The molecular weight excluding hydrogens is 281 g/mol. The summed E-state index contributed by atoms with van der Waals surface area (Å²) in [6, 6.07) is 10.9. The van der Waals surface area contributed by atoms with Gasteiger partial charge in [0.2, 0.25) is 0 Å². The Morgan fingerprint density at radius 3 is 2.68 bits per heavy atom. The molecule has 2 aromatic rings. The molecule has 1 nitrogen and oxygen atoms in total. The van der Waals surface area contributed by atoms with Gasteiger partial charge in [-0.15, -0.1) is 11.3 Å². The second-order valence-corrected chi connectivity index (χ2v) is 6.24. The van der Waals surface area contributed by atoms with Crippen molar-refractivity contribution < 1.29 is 4.39 Å². The summed E-state index contributed by atoms with van der Waals surface area (Å²) >= 11 is 7.52. The number of benzene rings is 1. The van der Waals surface area contributed by atoms with Crippen molar-refractivity contribution in [1.82, 2.24) is 5.32 Å². The molecule has 0 bridgehead atoms. The summed E-state index contributed by atoms with van der Waals surface area (Å²) < 4.78 is 14.7. The molecule has 0 saturated carbocycles. The van der Waals surface area contributed by atoms with E-state index < -0.39 is 0 Å². The molecule has 1 aromatic heterocycles. The van der Waals surface area contributed by atoms with Crippen LogP contribution in [-0.2, 0) is 6.42 Å². The van der Waals surface area contributed by atoms with Crippen molar-refractivity contribution >= 4 is 22.9 Å². The fraction of sp³-hybridized carbons (Fsp3) is 0.333. The van der Waals surface area contributed by atoms with Crippen LogP contribution in [0.5, 0.6) is 0 Å². The van der Waals surface area contributed by atoms with Crippen LogP contribution in [0, 0.1) is 5.82 Å². The maximum absolute atomic E-state index is 13.9. The van der Waals surface area contributed by atoms with Crippen LogP contribution in [0.2, 0.25) is 4.34 Å². The van der Waals surface area contributed by atoms with Crippen molar-refractivity contribution in [3.63, 3.8) is 0 Å². The third-order valence-corrected chi connectivity index (χ3v) is 4.32. The van der Waals surface area contributed by atoms with E-state index in [9.17, 15) is 4.39 Å². The van der Waals surface area contributed by atoms with Gasteiger partial charge in [-0.1, -0.05) is 36.7 Å². The molecule has 0 aliphatic rings. The third kappa shape index (κ3) is 4.03. The molecule has 1 N–H and O–H groups in total. The van der Waals surface area contributed by atoms with Crippen LogP contribution in [0.15, 0.2) is 36.4 Å². The highest BCUT2D eigenvalue weighted by Crippen LogP contribution is 2.28. The van der Waals surface area contributed by atoms with E-state index in [2.05, 4.69) is 12.2 Å². The monoisotopic (exact) mass is 297 g/mol. The summed E-state index contributed by atoms with van der Waals surface area (Å²) in [6.07, 6.45) is 0.811. The molecule has 0 fully saturated rings. The summed E-state index contributed by atoms with van der Waals surface area (Å²) in [4.78, 5) is 1.19. The number of likely N-dealkylation sites (N-methyl/N-ethyl adjacent to an activating group) is 1. The Bertz CT molecular complexity index is 526. The maximum Gasteiger partial charge on any atom is 0.126 e. The summed E-state index contributed by atoms with van der Waals surface area (Å²) in [5.41, 5.74) is 0.771. The molecule has 102 valence electrons. The van der Waals surface area contributed by atoms with Gasteiger partial charge < -0.3 is 5.32 Å². The van der Waals surface area contributed by atoms with Crippen LogP contribution < -0.4 is 5.32 Å². The lowest BCUT2D eigenvalue weighted by molar-refractivity contribution is 0.546. The number of nitrogens with one attached hydrogen (secondary N) is 1. The largest absolute Gasteiger partial charge is 0.316 e. The Morgan fingerprint density at radius 1 is 1.26 bits per heavy atom. The molecule has 0 amide bonds. The van der Waals surface area contributed by atoms with E-state index in [-0.39, 0.29) is 11.7 Å². The van der Waals surface area contributed by atoms with Gasteiger partial charge in [-0.05, 0) is 36.7 Å². The van der Waals surface area contributed by atoms with E-state index in [0.29, 0.717) is 0 Å². The molecule has 1 aromatic carbocycles. The lowest BCUT2D eigenvalue weighted by Crippen LogP contribution is -2.23. The van der Waals surface area contributed by atoms with Gasteiger partial charge >= 0.3 is 0 Å². The Kier molecular flexibility index (Phi) is 5.37. The average Bonchev–Trinajstić information content (AvgIpc) is 2.81. The van der Waals surface area contributed by atoms with Crippen LogP contribution in [0.1, 0.15) is 23.3 Å². The summed E-state index contributed by atoms with van der Waals surface area (Å²) in [7, 11) is 0. The average molecular weight is 298 g/mol. The van der Waals surface area contributed by atoms with Crippen LogP contribution >= 0.6 is 22.9 Å².